The van der Waals surface area contributed by atoms with Crippen LogP contribution < -0.4 is 5.43 Å². The van der Waals surface area contributed by atoms with Crippen LogP contribution in [-0.2, 0) is 15.0 Å². The van der Waals surface area contributed by atoms with E-state index in [1.54, 1.807) is 9.80 Å². The summed E-state index contributed by atoms with van der Waals surface area (Å²) in [6.45, 7) is 8.35. The van der Waals surface area contributed by atoms with Crippen LogP contribution in [-0.4, -0.2) is 59.4 Å². The van der Waals surface area contributed by atoms with Crippen molar-refractivity contribution in [2.45, 2.75) is 39.0 Å². The fourth-order valence-corrected chi connectivity index (χ4v) is 3.22. The van der Waals surface area contributed by atoms with E-state index in [1.165, 1.54) is 5.56 Å². The Morgan fingerprint density at radius 2 is 1.48 bits per heavy atom. The van der Waals surface area contributed by atoms with E-state index in [4.69, 9.17) is 0 Å². The second-order valence-electron chi connectivity index (χ2n) is 8.01. The predicted octanol–water partition coefficient (Wildman–Crippen LogP) is 1.53. The van der Waals surface area contributed by atoms with Gasteiger partial charge in [-0.3, -0.25) is 14.4 Å². The minimum Gasteiger partial charge on any atom is -0.335 e. The molecule has 1 saturated heterocycles. The summed E-state index contributed by atoms with van der Waals surface area (Å²) >= 11 is 0. The van der Waals surface area contributed by atoms with Crippen molar-refractivity contribution in [2.24, 2.45) is 5.10 Å². The molecule has 3 rings (SSSR count). The summed E-state index contributed by atoms with van der Waals surface area (Å²) < 4.78 is 0. The van der Waals surface area contributed by atoms with Gasteiger partial charge < -0.3 is 9.80 Å². The van der Waals surface area contributed by atoms with Crippen LogP contribution in [0.2, 0.25) is 0 Å². The summed E-state index contributed by atoms with van der Waals surface area (Å²) in [5.74, 6) is -0.332. The van der Waals surface area contributed by atoms with Crippen LogP contribution in [0, 0.1) is 0 Å². The molecule has 7 heteroatoms. The largest absolute Gasteiger partial charge is 0.335 e. The molecule has 1 aromatic rings. The van der Waals surface area contributed by atoms with Crippen LogP contribution in [0.5, 0.6) is 0 Å². The standard InChI is InChI=1S/C20H26N4O3/c1-20(2,3)15-6-4-14(5-7-15)18(26)23-10-12-24(13-11-23)19(27)16-8-9-17(25)22-21-16/h4-7H,8-13H2,1-3H3,(H,22,25). The van der Waals surface area contributed by atoms with Gasteiger partial charge >= 0.3 is 0 Å². The maximum Gasteiger partial charge on any atom is 0.270 e. The van der Waals surface area contributed by atoms with Crippen molar-refractivity contribution >= 4 is 23.4 Å². The number of hydrazone groups is 1. The molecule has 0 radical (unpaired) electrons. The number of rotatable bonds is 2. The Hall–Kier alpha value is -2.70. The minimum absolute atomic E-state index is 0.00942. The van der Waals surface area contributed by atoms with Crippen LogP contribution in [0.15, 0.2) is 29.4 Å². The minimum atomic E-state index is -0.167. The molecule has 1 fully saturated rings. The highest BCUT2D eigenvalue weighted by Gasteiger charge is 2.28. The molecular formula is C20H26N4O3. The van der Waals surface area contributed by atoms with E-state index in [0.717, 1.165) is 0 Å². The van der Waals surface area contributed by atoms with Gasteiger partial charge in [0, 0.05) is 44.6 Å². The molecule has 2 aliphatic rings. The Bertz CT molecular complexity index is 769. The molecule has 7 nitrogen and oxygen atoms in total. The van der Waals surface area contributed by atoms with E-state index in [9.17, 15) is 14.4 Å². The predicted molar refractivity (Wildman–Crippen MR) is 102 cm³/mol. The Balaban J connectivity index is 1.58. The Morgan fingerprint density at radius 1 is 0.926 bits per heavy atom. The number of carbonyl (C=O) groups excluding carboxylic acids is 3. The van der Waals surface area contributed by atoms with Gasteiger partial charge in [0.2, 0.25) is 5.91 Å². The maximum atomic E-state index is 12.7. The van der Waals surface area contributed by atoms with Crippen molar-refractivity contribution in [3.05, 3.63) is 35.4 Å². The smallest absolute Gasteiger partial charge is 0.270 e. The van der Waals surface area contributed by atoms with E-state index in [1.807, 2.05) is 24.3 Å². The van der Waals surface area contributed by atoms with Crippen LogP contribution in [0.1, 0.15) is 49.5 Å². The van der Waals surface area contributed by atoms with Crippen LogP contribution in [0.3, 0.4) is 0 Å². The molecule has 0 atom stereocenters. The van der Waals surface area contributed by atoms with Gasteiger partial charge in [0.15, 0.2) is 0 Å². The number of piperazine rings is 1. The third-order valence-corrected chi connectivity index (χ3v) is 5.00. The molecule has 0 aliphatic carbocycles. The number of nitrogens with zero attached hydrogens (tertiary/aromatic N) is 3. The SMILES string of the molecule is CC(C)(C)c1ccc(C(=O)N2CCN(C(=O)C3=NNC(=O)CC3)CC2)cc1. The van der Waals surface area contributed by atoms with Crippen molar-refractivity contribution in [3.8, 4) is 0 Å². The molecule has 144 valence electrons. The van der Waals surface area contributed by atoms with E-state index in [0.29, 0.717) is 43.9 Å². The first-order valence-corrected chi connectivity index (χ1v) is 9.30. The molecule has 3 amide bonds. The fourth-order valence-electron chi connectivity index (χ4n) is 3.22. The lowest BCUT2D eigenvalue weighted by Gasteiger charge is -2.35. The van der Waals surface area contributed by atoms with E-state index >= 15 is 0 Å². The summed E-state index contributed by atoms with van der Waals surface area (Å²) in [4.78, 5) is 39.8. The van der Waals surface area contributed by atoms with Crippen molar-refractivity contribution in [3.63, 3.8) is 0 Å². The van der Waals surface area contributed by atoms with Crippen molar-refractivity contribution in [1.82, 2.24) is 15.2 Å². The van der Waals surface area contributed by atoms with Gasteiger partial charge in [0.05, 0.1) is 0 Å². The van der Waals surface area contributed by atoms with Gasteiger partial charge in [-0.05, 0) is 23.1 Å². The van der Waals surface area contributed by atoms with Gasteiger partial charge in [-0.15, -0.1) is 0 Å². The average Bonchev–Trinajstić information content (AvgIpc) is 2.67. The lowest BCUT2D eigenvalue weighted by Crippen LogP contribution is -2.52. The highest BCUT2D eigenvalue weighted by atomic mass is 16.2. The summed E-state index contributed by atoms with van der Waals surface area (Å²) in [7, 11) is 0. The molecular weight excluding hydrogens is 344 g/mol. The van der Waals surface area contributed by atoms with Gasteiger partial charge in [-0.2, -0.15) is 5.10 Å². The number of amides is 3. The van der Waals surface area contributed by atoms with Gasteiger partial charge in [-0.25, -0.2) is 5.43 Å². The number of benzene rings is 1. The topological polar surface area (TPSA) is 82.1 Å². The molecule has 0 unspecified atom stereocenters. The fraction of sp³-hybridized carbons (Fsp3) is 0.500. The van der Waals surface area contributed by atoms with Crippen LogP contribution in [0.25, 0.3) is 0 Å². The van der Waals surface area contributed by atoms with E-state index < -0.39 is 0 Å². The molecule has 27 heavy (non-hydrogen) atoms. The Kier molecular flexibility index (Phi) is 5.30. The highest BCUT2D eigenvalue weighted by molar-refractivity contribution is 6.39. The van der Waals surface area contributed by atoms with Crippen molar-refractivity contribution in [1.29, 1.82) is 0 Å². The Morgan fingerprint density at radius 3 is 1.96 bits per heavy atom. The normalized spacial score (nSPS) is 18.0. The maximum absolute atomic E-state index is 12.7. The first kappa shape index (κ1) is 19.1. The molecule has 2 aliphatic heterocycles. The summed E-state index contributed by atoms with van der Waals surface area (Å²) in [6.07, 6.45) is 0.650. The number of hydrogen-bond acceptors (Lipinski definition) is 4. The van der Waals surface area contributed by atoms with Crippen LogP contribution in [0.4, 0.5) is 0 Å². The van der Waals surface area contributed by atoms with Crippen molar-refractivity contribution < 1.29 is 14.4 Å². The summed E-state index contributed by atoms with van der Waals surface area (Å²) in [6, 6.07) is 7.75. The third-order valence-electron chi connectivity index (χ3n) is 5.00. The molecule has 1 aromatic carbocycles. The summed E-state index contributed by atoms with van der Waals surface area (Å²) in [5, 5.41) is 3.86. The zero-order valence-electron chi connectivity index (χ0n) is 16.1. The molecule has 2 heterocycles. The third kappa shape index (κ3) is 4.35. The average molecular weight is 370 g/mol. The molecule has 0 aromatic heterocycles. The molecule has 0 bridgehead atoms. The Labute approximate surface area is 159 Å². The number of hydrogen-bond donors (Lipinski definition) is 1. The lowest BCUT2D eigenvalue weighted by molar-refractivity contribution is -0.126. The first-order valence-electron chi connectivity index (χ1n) is 9.30. The van der Waals surface area contributed by atoms with Gasteiger partial charge in [0.25, 0.3) is 11.8 Å². The quantitative estimate of drug-likeness (QED) is 0.857. The monoisotopic (exact) mass is 370 g/mol. The molecule has 0 saturated carbocycles. The van der Waals surface area contributed by atoms with E-state index in [2.05, 4.69) is 31.3 Å². The second-order valence-corrected chi connectivity index (χ2v) is 8.01. The molecule has 1 N–H and O–H groups in total. The highest BCUT2D eigenvalue weighted by Crippen LogP contribution is 2.22. The second kappa shape index (κ2) is 7.50. The zero-order valence-corrected chi connectivity index (χ0v) is 16.1. The van der Waals surface area contributed by atoms with Crippen molar-refractivity contribution in [2.75, 3.05) is 26.2 Å². The van der Waals surface area contributed by atoms with Gasteiger partial charge in [0.1, 0.15) is 5.71 Å². The zero-order chi connectivity index (χ0) is 19.6. The van der Waals surface area contributed by atoms with Crippen LogP contribution >= 0.6 is 0 Å². The number of nitrogens with one attached hydrogen (secondary N) is 1. The number of carbonyl (C=O) groups is 3. The first-order chi connectivity index (χ1) is 12.8. The van der Waals surface area contributed by atoms with E-state index in [-0.39, 0.29) is 29.6 Å². The lowest BCUT2D eigenvalue weighted by atomic mass is 9.86. The summed E-state index contributed by atoms with van der Waals surface area (Å²) in [5.41, 5.74) is 4.64. The van der Waals surface area contributed by atoms with Gasteiger partial charge in [-0.1, -0.05) is 32.9 Å². The molecule has 0 spiro atoms.